The molecule has 11 heteroatoms. The Hall–Kier alpha value is -2.95. The Kier molecular flexibility index (Phi) is 6.45. The maximum atomic E-state index is 13.3. The number of benzene rings is 2. The number of halogens is 2. The fraction of sp³-hybridized carbons (Fsp3) is 0.238. The minimum absolute atomic E-state index is 0.0852. The van der Waals surface area contributed by atoms with Crippen LogP contribution in [0.25, 0.3) is 6.08 Å². The Balaban J connectivity index is 1.58. The number of nitrogens with zero attached hydrogens (tertiary/aromatic N) is 3. The molecule has 8 nitrogen and oxygen atoms in total. The molecule has 2 aromatic rings. The Morgan fingerprint density at radius 3 is 2.62 bits per heavy atom. The van der Waals surface area contributed by atoms with Crippen molar-refractivity contribution in [2.75, 3.05) is 31.2 Å². The third-order valence-corrected chi connectivity index (χ3v) is 6.32. The zero-order valence-corrected chi connectivity index (χ0v) is 18.2. The standard InChI is InChI=1S/C21H17ClFN3O5S/c22-16-11-15(23)3-2-14(16)12-25-20(27)19(32-21(25)28)10-13-1-4-17(18(9-13)26(29)30)24-5-7-31-8-6-24/h1-4,9-11H,5-8,12H2/b19-10-. The smallest absolute Gasteiger partial charge is 0.293 e. The zero-order chi connectivity index (χ0) is 22.8. The molecule has 2 aromatic carbocycles. The summed E-state index contributed by atoms with van der Waals surface area (Å²) in [4.78, 5) is 39.4. The molecular weight excluding hydrogens is 461 g/mol. The van der Waals surface area contributed by atoms with Crippen LogP contribution in [0.1, 0.15) is 11.1 Å². The van der Waals surface area contributed by atoms with E-state index in [4.69, 9.17) is 16.3 Å². The van der Waals surface area contributed by atoms with Crippen LogP contribution in [0.3, 0.4) is 0 Å². The van der Waals surface area contributed by atoms with Crippen LogP contribution in [0.15, 0.2) is 41.3 Å². The summed E-state index contributed by atoms with van der Waals surface area (Å²) in [6.45, 7) is 1.97. The van der Waals surface area contributed by atoms with Gasteiger partial charge in [0.2, 0.25) is 0 Å². The van der Waals surface area contributed by atoms with Gasteiger partial charge in [0.15, 0.2) is 0 Å². The molecule has 0 aromatic heterocycles. The van der Waals surface area contributed by atoms with Gasteiger partial charge in [0, 0.05) is 24.2 Å². The first-order valence-electron chi connectivity index (χ1n) is 9.64. The van der Waals surface area contributed by atoms with Crippen LogP contribution in [-0.4, -0.2) is 47.3 Å². The summed E-state index contributed by atoms with van der Waals surface area (Å²) in [7, 11) is 0. The van der Waals surface area contributed by atoms with E-state index in [9.17, 15) is 24.1 Å². The molecule has 2 saturated heterocycles. The van der Waals surface area contributed by atoms with Crippen LogP contribution in [-0.2, 0) is 16.1 Å². The highest BCUT2D eigenvalue weighted by molar-refractivity contribution is 8.18. The molecule has 2 amide bonds. The van der Waals surface area contributed by atoms with E-state index in [2.05, 4.69) is 0 Å². The highest BCUT2D eigenvalue weighted by Crippen LogP contribution is 2.36. The lowest BCUT2D eigenvalue weighted by Gasteiger charge is -2.28. The highest BCUT2D eigenvalue weighted by atomic mass is 35.5. The number of anilines is 1. The van der Waals surface area contributed by atoms with Crippen molar-refractivity contribution in [3.63, 3.8) is 0 Å². The van der Waals surface area contributed by atoms with Gasteiger partial charge in [0.1, 0.15) is 11.5 Å². The normalized spacial score (nSPS) is 18.0. The number of carbonyl (C=O) groups is 2. The number of nitro benzene ring substituents is 1. The lowest BCUT2D eigenvalue weighted by molar-refractivity contribution is -0.384. The number of nitro groups is 1. The van der Waals surface area contributed by atoms with Crippen molar-refractivity contribution in [2.45, 2.75) is 6.54 Å². The number of carbonyl (C=O) groups excluding carboxylic acids is 2. The van der Waals surface area contributed by atoms with E-state index in [-0.39, 0.29) is 22.2 Å². The molecule has 0 saturated carbocycles. The molecule has 0 radical (unpaired) electrons. The lowest BCUT2D eigenvalue weighted by atomic mass is 10.1. The number of hydrogen-bond acceptors (Lipinski definition) is 7. The number of imide groups is 1. The molecule has 2 aliphatic heterocycles. The molecule has 0 unspecified atom stereocenters. The van der Waals surface area contributed by atoms with Crippen molar-refractivity contribution >= 4 is 52.0 Å². The summed E-state index contributed by atoms with van der Waals surface area (Å²) in [5.74, 6) is -1.06. The van der Waals surface area contributed by atoms with Crippen molar-refractivity contribution in [1.82, 2.24) is 4.90 Å². The third-order valence-electron chi connectivity index (χ3n) is 5.06. The van der Waals surface area contributed by atoms with Gasteiger partial charge in [0.25, 0.3) is 16.8 Å². The van der Waals surface area contributed by atoms with Gasteiger partial charge in [-0.2, -0.15) is 0 Å². The van der Waals surface area contributed by atoms with Crippen LogP contribution in [0.2, 0.25) is 5.02 Å². The molecule has 0 aliphatic carbocycles. The van der Waals surface area contributed by atoms with Gasteiger partial charge in [-0.25, -0.2) is 4.39 Å². The topological polar surface area (TPSA) is 93.0 Å². The number of thioether (sulfide) groups is 1. The molecule has 0 bridgehead atoms. The van der Waals surface area contributed by atoms with Crippen molar-refractivity contribution in [3.05, 3.63) is 73.4 Å². The predicted molar refractivity (Wildman–Crippen MR) is 119 cm³/mol. The van der Waals surface area contributed by atoms with Crippen LogP contribution in [0, 0.1) is 15.9 Å². The van der Waals surface area contributed by atoms with Crippen LogP contribution < -0.4 is 4.90 Å². The second-order valence-electron chi connectivity index (χ2n) is 7.11. The monoisotopic (exact) mass is 477 g/mol. The van der Waals surface area contributed by atoms with E-state index in [1.165, 1.54) is 24.3 Å². The second-order valence-corrected chi connectivity index (χ2v) is 8.51. The quantitative estimate of drug-likeness (QED) is 0.356. The highest BCUT2D eigenvalue weighted by Gasteiger charge is 2.35. The van der Waals surface area contributed by atoms with E-state index in [0.717, 1.165) is 22.7 Å². The Morgan fingerprint density at radius 1 is 1.19 bits per heavy atom. The van der Waals surface area contributed by atoms with Crippen molar-refractivity contribution in [2.24, 2.45) is 0 Å². The Bertz CT molecular complexity index is 1140. The summed E-state index contributed by atoms with van der Waals surface area (Å²) in [6.07, 6.45) is 1.45. The molecule has 166 valence electrons. The summed E-state index contributed by atoms with van der Waals surface area (Å²) in [5, 5.41) is 11.2. The van der Waals surface area contributed by atoms with Gasteiger partial charge >= 0.3 is 0 Å². The summed E-state index contributed by atoms with van der Waals surface area (Å²) >= 11 is 6.75. The first-order chi connectivity index (χ1) is 15.3. The zero-order valence-electron chi connectivity index (χ0n) is 16.6. The van der Waals surface area contributed by atoms with Crippen molar-refractivity contribution < 1.29 is 23.6 Å². The first-order valence-corrected chi connectivity index (χ1v) is 10.8. The average Bonchev–Trinajstić information content (AvgIpc) is 3.03. The summed E-state index contributed by atoms with van der Waals surface area (Å²) < 4.78 is 18.6. The maximum absolute atomic E-state index is 13.3. The number of rotatable bonds is 5. The Labute approximate surface area is 191 Å². The molecule has 32 heavy (non-hydrogen) atoms. The summed E-state index contributed by atoms with van der Waals surface area (Å²) in [6, 6.07) is 8.42. The summed E-state index contributed by atoms with van der Waals surface area (Å²) in [5.41, 5.74) is 1.26. The first kappa shape index (κ1) is 22.3. The minimum atomic E-state index is -0.541. The maximum Gasteiger partial charge on any atom is 0.293 e. The largest absolute Gasteiger partial charge is 0.378 e. The fourth-order valence-electron chi connectivity index (χ4n) is 3.46. The number of morpholine rings is 1. The molecular formula is C21H17ClFN3O5S. The van der Waals surface area contributed by atoms with Crippen LogP contribution in [0.4, 0.5) is 20.6 Å². The van der Waals surface area contributed by atoms with E-state index in [1.807, 2.05) is 4.90 Å². The fourth-order valence-corrected chi connectivity index (χ4v) is 4.52. The lowest BCUT2D eigenvalue weighted by Crippen LogP contribution is -2.36. The van der Waals surface area contributed by atoms with E-state index < -0.39 is 21.9 Å². The van der Waals surface area contributed by atoms with E-state index in [0.29, 0.717) is 43.1 Å². The van der Waals surface area contributed by atoms with E-state index >= 15 is 0 Å². The molecule has 2 fully saturated rings. The molecule has 2 aliphatic rings. The SMILES string of the molecule is O=C1S/C(=C\c2ccc(N3CCOCC3)c([N+](=O)[O-])c2)C(=O)N1Cc1ccc(F)cc1Cl. The molecule has 0 N–H and O–H groups in total. The van der Waals surface area contributed by atoms with Gasteiger partial charge in [0.05, 0.1) is 29.6 Å². The molecule has 2 heterocycles. The number of hydrogen-bond donors (Lipinski definition) is 0. The second kappa shape index (κ2) is 9.27. The van der Waals surface area contributed by atoms with Crippen LogP contribution >= 0.6 is 23.4 Å². The minimum Gasteiger partial charge on any atom is -0.378 e. The van der Waals surface area contributed by atoms with Crippen LogP contribution in [0.5, 0.6) is 0 Å². The van der Waals surface area contributed by atoms with Gasteiger partial charge in [-0.1, -0.05) is 23.7 Å². The van der Waals surface area contributed by atoms with Crippen molar-refractivity contribution in [3.8, 4) is 0 Å². The molecule has 0 atom stereocenters. The van der Waals surface area contributed by atoms with Gasteiger partial charge < -0.3 is 9.64 Å². The Morgan fingerprint density at radius 2 is 1.94 bits per heavy atom. The molecule has 4 rings (SSSR count). The number of amides is 2. The van der Waals surface area contributed by atoms with Gasteiger partial charge in [-0.3, -0.25) is 24.6 Å². The van der Waals surface area contributed by atoms with E-state index in [1.54, 1.807) is 12.1 Å². The third kappa shape index (κ3) is 4.62. The van der Waals surface area contributed by atoms with Crippen molar-refractivity contribution in [1.29, 1.82) is 0 Å². The number of ether oxygens (including phenoxy) is 1. The van der Waals surface area contributed by atoms with Gasteiger partial charge in [-0.15, -0.1) is 0 Å². The van der Waals surface area contributed by atoms with Gasteiger partial charge in [-0.05, 0) is 47.2 Å². The average molecular weight is 478 g/mol. The predicted octanol–water partition coefficient (Wildman–Crippen LogP) is 4.46. The molecule has 0 spiro atoms.